The minimum absolute atomic E-state index is 0.486. The summed E-state index contributed by atoms with van der Waals surface area (Å²) in [5, 5.41) is 3.57. The molecular formula is C16H22N4. The Morgan fingerprint density at radius 3 is 3.05 bits per heavy atom. The highest BCUT2D eigenvalue weighted by Crippen LogP contribution is 2.25. The summed E-state index contributed by atoms with van der Waals surface area (Å²) in [6.45, 7) is 8.25. The van der Waals surface area contributed by atoms with Crippen LogP contribution >= 0.6 is 0 Å². The molecule has 0 bridgehead atoms. The molecule has 0 radical (unpaired) electrons. The molecule has 1 aliphatic rings. The zero-order valence-corrected chi connectivity index (χ0v) is 12.2. The van der Waals surface area contributed by atoms with Gasteiger partial charge in [0.1, 0.15) is 0 Å². The SMILES string of the molecule is CCn1cncc1CN1CC(C)NCc2ccccc21. The van der Waals surface area contributed by atoms with Gasteiger partial charge in [0.15, 0.2) is 0 Å². The van der Waals surface area contributed by atoms with Gasteiger partial charge < -0.3 is 14.8 Å². The van der Waals surface area contributed by atoms with E-state index in [0.717, 1.165) is 26.2 Å². The lowest BCUT2D eigenvalue weighted by Crippen LogP contribution is -2.36. The average Bonchev–Trinajstić information content (AvgIpc) is 2.85. The molecule has 2 heterocycles. The van der Waals surface area contributed by atoms with Gasteiger partial charge in [-0.2, -0.15) is 0 Å². The van der Waals surface area contributed by atoms with Crippen LogP contribution in [0.2, 0.25) is 0 Å². The van der Waals surface area contributed by atoms with Crippen molar-refractivity contribution in [3.05, 3.63) is 48.0 Å². The maximum absolute atomic E-state index is 4.28. The third-order valence-electron chi connectivity index (χ3n) is 3.96. The fourth-order valence-electron chi connectivity index (χ4n) is 2.86. The Bertz CT molecular complexity index is 575. The molecule has 1 aromatic carbocycles. The van der Waals surface area contributed by atoms with Gasteiger partial charge >= 0.3 is 0 Å². The number of nitrogens with one attached hydrogen (secondary N) is 1. The van der Waals surface area contributed by atoms with Crippen molar-refractivity contribution < 1.29 is 0 Å². The quantitative estimate of drug-likeness (QED) is 0.929. The van der Waals surface area contributed by atoms with Crippen LogP contribution in [0.5, 0.6) is 0 Å². The number of aryl methyl sites for hydroxylation is 1. The lowest BCUT2D eigenvalue weighted by molar-refractivity contribution is 0.547. The molecule has 1 aromatic heterocycles. The van der Waals surface area contributed by atoms with E-state index in [-0.39, 0.29) is 0 Å². The Balaban J connectivity index is 1.91. The minimum Gasteiger partial charge on any atom is -0.364 e. The topological polar surface area (TPSA) is 33.1 Å². The highest BCUT2D eigenvalue weighted by atomic mass is 15.2. The Morgan fingerprint density at radius 1 is 1.35 bits per heavy atom. The van der Waals surface area contributed by atoms with E-state index in [1.54, 1.807) is 0 Å². The van der Waals surface area contributed by atoms with Crippen LogP contribution in [0.15, 0.2) is 36.8 Å². The molecular weight excluding hydrogens is 248 g/mol. The summed E-state index contributed by atoms with van der Waals surface area (Å²) in [5.74, 6) is 0. The highest BCUT2D eigenvalue weighted by molar-refractivity contribution is 5.54. The summed E-state index contributed by atoms with van der Waals surface area (Å²) >= 11 is 0. The molecule has 106 valence electrons. The number of rotatable bonds is 3. The predicted octanol–water partition coefficient (Wildman–Crippen LogP) is 2.40. The lowest BCUT2D eigenvalue weighted by atomic mass is 10.1. The summed E-state index contributed by atoms with van der Waals surface area (Å²) in [5.41, 5.74) is 3.99. The zero-order valence-electron chi connectivity index (χ0n) is 12.2. The summed E-state index contributed by atoms with van der Waals surface area (Å²) in [6, 6.07) is 9.16. The standard InChI is InChI=1S/C16H22N4/c1-3-19-12-17-9-15(19)11-20-10-13(2)18-8-14-6-4-5-7-16(14)20/h4-7,9,12-13,18H,3,8,10-11H2,1-2H3. The smallest absolute Gasteiger partial charge is 0.0948 e. The first kappa shape index (κ1) is 13.2. The van der Waals surface area contributed by atoms with E-state index < -0.39 is 0 Å². The van der Waals surface area contributed by atoms with E-state index in [4.69, 9.17) is 0 Å². The molecule has 4 nitrogen and oxygen atoms in total. The second-order valence-electron chi connectivity index (χ2n) is 5.46. The fraction of sp³-hybridized carbons (Fsp3) is 0.438. The van der Waals surface area contributed by atoms with Crippen molar-refractivity contribution in [3.63, 3.8) is 0 Å². The number of hydrogen-bond acceptors (Lipinski definition) is 3. The number of anilines is 1. The van der Waals surface area contributed by atoms with Gasteiger partial charge in [-0.05, 0) is 25.5 Å². The summed E-state index contributed by atoms with van der Waals surface area (Å²) in [7, 11) is 0. The van der Waals surface area contributed by atoms with Crippen molar-refractivity contribution in [3.8, 4) is 0 Å². The summed E-state index contributed by atoms with van der Waals surface area (Å²) in [6.07, 6.45) is 3.90. The second kappa shape index (κ2) is 5.67. The molecule has 4 heteroatoms. The normalized spacial score (nSPS) is 18.7. The van der Waals surface area contributed by atoms with Crippen LogP contribution in [0.4, 0.5) is 5.69 Å². The van der Waals surface area contributed by atoms with Gasteiger partial charge in [-0.1, -0.05) is 18.2 Å². The van der Waals surface area contributed by atoms with Crippen LogP contribution < -0.4 is 10.2 Å². The van der Waals surface area contributed by atoms with Crippen molar-refractivity contribution in [1.29, 1.82) is 0 Å². The molecule has 1 aliphatic heterocycles. The molecule has 0 saturated carbocycles. The van der Waals surface area contributed by atoms with Crippen molar-refractivity contribution in [2.75, 3.05) is 11.4 Å². The number of para-hydroxylation sites is 1. The Hall–Kier alpha value is -1.81. The van der Waals surface area contributed by atoms with Gasteiger partial charge in [-0.3, -0.25) is 0 Å². The van der Waals surface area contributed by atoms with Crippen LogP contribution in [-0.2, 0) is 19.6 Å². The number of fused-ring (bicyclic) bond motifs is 1. The molecule has 0 aliphatic carbocycles. The molecule has 0 saturated heterocycles. The van der Waals surface area contributed by atoms with E-state index >= 15 is 0 Å². The van der Waals surface area contributed by atoms with Crippen molar-refractivity contribution in [2.24, 2.45) is 0 Å². The van der Waals surface area contributed by atoms with Crippen LogP contribution in [0, 0.1) is 0 Å². The van der Waals surface area contributed by atoms with Crippen molar-refractivity contribution in [1.82, 2.24) is 14.9 Å². The van der Waals surface area contributed by atoms with Crippen LogP contribution in [-0.4, -0.2) is 22.1 Å². The van der Waals surface area contributed by atoms with E-state index in [1.165, 1.54) is 16.9 Å². The molecule has 20 heavy (non-hydrogen) atoms. The average molecular weight is 270 g/mol. The fourth-order valence-corrected chi connectivity index (χ4v) is 2.86. The molecule has 1 N–H and O–H groups in total. The van der Waals surface area contributed by atoms with Crippen LogP contribution in [0.1, 0.15) is 25.1 Å². The van der Waals surface area contributed by atoms with Crippen molar-refractivity contribution in [2.45, 2.75) is 39.5 Å². The lowest BCUT2D eigenvalue weighted by Gasteiger charge is -2.26. The zero-order chi connectivity index (χ0) is 13.9. The molecule has 1 unspecified atom stereocenters. The number of hydrogen-bond donors (Lipinski definition) is 1. The maximum Gasteiger partial charge on any atom is 0.0948 e. The predicted molar refractivity (Wildman–Crippen MR) is 81.7 cm³/mol. The largest absolute Gasteiger partial charge is 0.364 e. The number of benzene rings is 1. The Morgan fingerprint density at radius 2 is 2.20 bits per heavy atom. The van der Waals surface area contributed by atoms with Gasteiger partial charge in [0.25, 0.3) is 0 Å². The van der Waals surface area contributed by atoms with Gasteiger partial charge in [0.05, 0.1) is 18.6 Å². The minimum atomic E-state index is 0.486. The Kier molecular flexibility index (Phi) is 3.74. The molecule has 2 aromatic rings. The third-order valence-corrected chi connectivity index (χ3v) is 3.96. The molecule has 0 fully saturated rings. The second-order valence-corrected chi connectivity index (χ2v) is 5.46. The van der Waals surface area contributed by atoms with Gasteiger partial charge in [-0.15, -0.1) is 0 Å². The van der Waals surface area contributed by atoms with E-state index in [0.29, 0.717) is 6.04 Å². The monoisotopic (exact) mass is 270 g/mol. The maximum atomic E-state index is 4.28. The van der Waals surface area contributed by atoms with Gasteiger partial charge in [-0.25, -0.2) is 4.98 Å². The van der Waals surface area contributed by atoms with Crippen LogP contribution in [0.3, 0.4) is 0 Å². The van der Waals surface area contributed by atoms with Crippen molar-refractivity contribution >= 4 is 5.69 Å². The third kappa shape index (κ3) is 2.56. The summed E-state index contributed by atoms with van der Waals surface area (Å²) in [4.78, 5) is 6.74. The van der Waals surface area contributed by atoms with E-state index in [9.17, 15) is 0 Å². The van der Waals surface area contributed by atoms with E-state index in [2.05, 4.69) is 57.9 Å². The number of imidazole rings is 1. The molecule has 0 spiro atoms. The Labute approximate surface area is 120 Å². The molecule has 1 atom stereocenters. The van der Waals surface area contributed by atoms with Crippen LogP contribution in [0.25, 0.3) is 0 Å². The first-order chi connectivity index (χ1) is 9.78. The van der Waals surface area contributed by atoms with Gasteiger partial charge in [0, 0.05) is 37.6 Å². The number of nitrogens with zero attached hydrogens (tertiary/aromatic N) is 3. The highest BCUT2D eigenvalue weighted by Gasteiger charge is 2.19. The van der Waals surface area contributed by atoms with Gasteiger partial charge in [0.2, 0.25) is 0 Å². The first-order valence-electron chi connectivity index (χ1n) is 7.33. The van der Waals surface area contributed by atoms with E-state index in [1.807, 2.05) is 12.5 Å². The first-order valence-corrected chi connectivity index (χ1v) is 7.33. The number of aromatic nitrogens is 2. The summed E-state index contributed by atoms with van der Waals surface area (Å²) < 4.78 is 2.21. The molecule has 3 rings (SSSR count). The molecule has 0 amide bonds.